The standard InChI is InChI=1S/C7H8BrN3O2S/c8-5-3-14-2-4(5)7(13)6(12)1-10-11-9/h2-3,6-7,12-13H,1H2. The Morgan fingerprint density at radius 3 is 2.79 bits per heavy atom. The highest BCUT2D eigenvalue weighted by atomic mass is 79.9. The van der Waals surface area contributed by atoms with Gasteiger partial charge in [0.2, 0.25) is 0 Å². The summed E-state index contributed by atoms with van der Waals surface area (Å²) in [5, 5.41) is 25.8. The average Bonchev–Trinajstić information content (AvgIpc) is 2.59. The van der Waals surface area contributed by atoms with Crippen molar-refractivity contribution >= 4 is 27.3 Å². The Bertz CT molecular complexity index is 350. The van der Waals surface area contributed by atoms with E-state index in [1.54, 1.807) is 10.8 Å². The van der Waals surface area contributed by atoms with E-state index in [1.807, 2.05) is 0 Å². The van der Waals surface area contributed by atoms with Crippen molar-refractivity contribution in [1.82, 2.24) is 0 Å². The lowest BCUT2D eigenvalue weighted by molar-refractivity contribution is 0.0242. The van der Waals surface area contributed by atoms with E-state index in [1.165, 1.54) is 11.3 Å². The van der Waals surface area contributed by atoms with Crippen molar-refractivity contribution in [3.05, 3.63) is 31.2 Å². The number of nitrogens with zero attached hydrogens (tertiary/aromatic N) is 3. The van der Waals surface area contributed by atoms with Gasteiger partial charge in [-0.15, -0.1) is 0 Å². The summed E-state index contributed by atoms with van der Waals surface area (Å²) in [6, 6.07) is 0. The molecule has 7 heteroatoms. The summed E-state index contributed by atoms with van der Waals surface area (Å²) in [7, 11) is 0. The number of azide groups is 1. The molecule has 1 aromatic heterocycles. The molecule has 0 aliphatic carbocycles. The third-order valence-corrected chi connectivity index (χ3v) is 3.41. The lowest BCUT2D eigenvalue weighted by atomic mass is 10.1. The van der Waals surface area contributed by atoms with E-state index in [0.717, 1.165) is 4.47 Å². The molecule has 5 nitrogen and oxygen atoms in total. The molecule has 0 fully saturated rings. The van der Waals surface area contributed by atoms with Gasteiger partial charge in [0, 0.05) is 20.3 Å². The molecule has 0 aliphatic heterocycles. The van der Waals surface area contributed by atoms with Gasteiger partial charge in [-0.2, -0.15) is 11.3 Å². The minimum Gasteiger partial charge on any atom is -0.390 e. The monoisotopic (exact) mass is 277 g/mol. The number of halogens is 1. The van der Waals surface area contributed by atoms with Crippen LogP contribution in [0.1, 0.15) is 11.7 Å². The van der Waals surface area contributed by atoms with Crippen LogP contribution in [0.4, 0.5) is 0 Å². The maximum absolute atomic E-state index is 9.63. The minimum atomic E-state index is -1.07. The maximum atomic E-state index is 9.63. The van der Waals surface area contributed by atoms with E-state index in [-0.39, 0.29) is 6.54 Å². The summed E-state index contributed by atoms with van der Waals surface area (Å²) in [5.74, 6) is 0. The minimum absolute atomic E-state index is 0.139. The maximum Gasteiger partial charge on any atom is 0.107 e. The molecule has 0 aromatic carbocycles. The molecule has 1 rings (SSSR count). The normalized spacial score (nSPS) is 14.5. The highest BCUT2D eigenvalue weighted by Crippen LogP contribution is 2.29. The van der Waals surface area contributed by atoms with Gasteiger partial charge in [-0.25, -0.2) is 0 Å². The van der Waals surface area contributed by atoms with Gasteiger partial charge >= 0.3 is 0 Å². The third-order valence-electron chi connectivity index (χ3n) is 1.66. The fraction of sp³-hybridized carbons (Fsp3) is 0.429. The van der Waals surface area contributed by atoms with Gasteiger partial charge in [-0.05, 0) is 26.8 Å². The first kappa shape index (κ1) is 11.5. The van der Waals surface area contributed by atoms with Crippen molar-refractivity contribution in [2.45, 2.75) is 12.2 Å². The molecule has 0 saturated carbocycles. The van der Waals surface area contributed by atoms with Gasteiger partial charge in [-0.3, -0.25) is 0 Å². The van der Waals surface area contributed by atoms with E-state index in [2.05, 4.69) is 26.0 Å². The van der Waals surface area contributed by atoms with Crippen LogP contribution in [0.15, 0.2) is 20.3 Å². The molecule has 2 atom stereocenters. The number of aliphatic hydroxyl groups is 2. The average molecular weight is 278 g/mol. The molecule has 1 aromatic rings. The topological polar surface area (TPSA) is 89.2 Å². The van der Waals surface area contributed by atoms with Crippen LogP contribution in [-0.2, 0) is 0 Å². The molecule has 1 heterocycles. The summed E-state index contributed by atoms with van der Waals surface area (Å²) in [6.45, 7) is -0.139. The van der Waals surface area contributed by atoms with Crippen molar-refractivity contribution in [1.29, 1.82) is 0 Å². The Balaban J connectivity index is 2.69. The SMILES string of the molecule is [N-]=[N+]=NCC(O)C(O)c1cscc1Br. The quantitative estimate of drug-likeness (QED) is 0.502. The van der Waals surface area contributed by atoms with E-state index >= 15 is 0 Å². The van der Waals surface area contributed by atoms with E-state index in [0.29, 0.717) is 5.56 Å². The molecule has 0 saturated heterocycles. The first-order valence-corrected chi connectivity index (χ1v) is 5.49. The zero-order valence-corrected chi connectivity index (χ0v) is 9.44. The predicted molar refractivity (Wildman–Crippen MR) is 57.0 cm³/mol. The molecule has 76 valence electrons. The summed E-state index contributed by atoms with van der Waals surface area (Å²) < 4.78 is 0.745. The molecule has 0 aliphatic rings. The van der Waals surface area contributed by atoms with Crippen LogP contribution < -0.4 is 0 Å². The Kier molecular flexibility index (Phi) is 4.37. The third kappa shape index (κ3) is 2.70. The van der Waals surface area contributed by atoms with Crippen LogP contribution in [0.5, 0.6) is 0 Å². The van der Waals surface area contributed by atoms with Gasteiger partial charge in [0.05, 0.1) is 12.6 Å². The second-order valence-electron chi connectivity index (χ2n) is 2.60. The Labute approximate surface area is 92.8 Å². The zero-order chi connectivity index (χ0) is 10.6. The Morgan fingerprint density at radius 2 is 2.29 bits per heavy atom. The van der Waals surface area contributed by atoms with Gasteiger partial charge in [0.25, 0.3) is 0 Å². The first-order valence-electron chi connectivity index (χ1n) is 3.75. The van der Waals surface area contributed by atoms with E-state index in [9.17, 15) is 10.2 Å². The van der Waals surface area contributed by atoms with Crippen molar-refractivity contribution in [2.24, 2.45) is 5.11 Å². The Hall–Kier alpha value is -0.590. The zero-order valence-electron chi connectivity index (χ0n) is 7.04. The van der Waals surface area contributed by atoms with Gasteiger partial charge in [0.1, 0.15) is 6.10 Å². The van der Waals surface area contributed by atoms with Crippen LogP contribution in [0.25, 0.3) is 10.4 Å². The van der Waals surface area contributed by atoms with E-state index in [4.69, 9.17) is 5.53 Å². The number of aliphatic hydroxyl groups excluding tert-OH is 2. The number of hydrogen-bond donors (Lipinski definition) is 2. The summed E-state index contributed by atoms with van der Waals surface area (Å²) in [4.78, 5) is 2.51. The van der Waals surface area contributed by atoms with Gasteiger partial charge < -0.3 is 10.2 Å². The molecular weight excluding hydrogens is 270 g/mol. The van der Waals surface area contributed by atoms with Gasteiger partial charge in [-0.1, -0.05) is 5.11 Å². The summed E-state index contributed by atoms with van der Waals surface area (Å²) >= 11 is 4.65. The molecule has 0 amide bonds. The van der Waals surface area contributed by atoms with Crippen LogP contribution >= 0.6 is 27.3 Å². The van der Waals surface area contributed by atoms with Crippen molar-refractivity contribution in [2.75, 3.05) is 6.54 Å². The highest BCUT2D eigenvalue weighted by molar-refractivity contribution is 9.10. The molecule has 2 N–H and O–H groups in total. The molecule has 0 spiro atoms. The lowest BCUT2D eigenvalue weighted by Crippen LogP contribution is -2.20. The summed E-state index contributed by atoms with van der Waals surface area (Å²) in [5.41, 5.74) is 8.65. The van der Waals surface area contributed by atoms with E-state index < -0.39 is 12.2 Å². The number of hydrogen-bond acceptors (Lipinski definition) is 4. The summed E-state index contributed by atoms with van der Waals surface area (Å²) in [6.07, 6.45) is -2.10. The molecule has 14 heavy (non-hydrogen) atoms. The number of thiophene rings is 1. The molecule has 0 bridgehead atoms. The predicted octanol–water partition coefficient (Wildman–Crippen LogP) is 2.22. The Morgan fingerprint density at radius 1 is 1.57 bits per heavy atom. The molecule has 2 unspecified atom stereocenters. The van der Waals surface area contributed by atoms with Crippen molar-refractivity contribution < 1.29 is 10.2 Å². The molecular formula is C7H8BrN3O2S. The highest BCUT2D eigenvalue weighted by Gasteiger charge is 2.20. The molecule has 0 radical (unpaired) electrons. The van der Waals surface area contributed by atoms with Crippen molar-refractivity contribution in [3.8, 4) is 0 Å². The largest absolute Gasteiger partial charge is 0.390 e. The second kappa shape index (κ2) is 5.33. The lowest BCUT2D eigenvalue weighted by Gasteiger charge is -2.14. The number of rotatable bonds is 4. The van der Waals surface area contributed by atoms with Crippen molar-refractivity contribution in [3.63, 3.8) is 0 Å². The smallest absolute Gasteiger partial charge is 0.107 e. The second-order valence-corrected chi connectivity index (χ2v) is 4.20. The van der Waals surface area contributed by atoms with Gasteiger partial charge in [0.15, 0.2) is 0 Å². The van der Waals surface area contributed by atoms with Crippen LogP contribution in [0.3, 0.4) is 0 Å². The van der Waals surface area contributed by atoms with Crippen LogP contribution in [0.2, 0.25) is 0 Å². The fourth-order valence-electron chi connectivity index (χ4n) is 0.930. The fourth-order valence-corrected chi connectivity index (χ4v) is 2.49. The first-order chi connectivity index (χ1) is 6.66. The van der Waals surface area contributed by atoms with Crippen LogP contribution in [-0.4, -0.2) is 22.9 Å². The van der Waals surface area contributed by atoms with Crippen LogP contribution in [0, 0.1) is 0 Å².